The largest absolute Gasteiger partial charge is 0.507 e. The Morgan fingerprint density at radius 2 is 1.79 bits per heavy atom. The van der Waals surface area contributed by atoms with Crippen LogP contribution in [0.1, 0.15) is 43.5 Å². The van der Waals surface area contributed by atoms with Crippen LogP contribution in [0.25, 0.3) is 0 Å². The molecular formula is C19H26N2O3. The molecule has 0 aliphatic carbocycles. The van der Waals surface area contributed by atoms with Gasteiger partial charge in [-0.3, -0.25) is 9.59 Å². The molecule has 1 aromatic rings. The SMILES string of the molecule is CC1CC(C)CN(C(=O)C2CCCN2C(=O)c2ccccc2O)C1. The van der Waals surface area contributed by atoms with Gasteiger partial charge in [-0.1, -0.05) is 26.0 Å². The van der Waals surface area contributed by atoms with Crippen LogP contribution >= 0.6 is 0 Å². The van der Waals surface area contributed by atoms with Crippen molar-refractivity contribution in [2.24, 2.45) is 11.8 Å². The van der Waals surface area contributed by atoms with E-state index in [1.54, 1.807) is 23.1 Å². The van der Waals surface area contributed by atoms with E-state index in [2.05, 4.69) is 13.8 Å². The van der Waals surface area contributed by atoms with Gasteiger partial charge < -0.3 is 14.9 Å². The second kappa shape index (κ2) is 6.83. The summed E-state index contributed by atoms with van der Waals surface area (Å²) in [6, 6.07) is 6.15. The molecule has 5 heteroatoms. The number of piperidine rings is 1. The second-order valence-corrected chi connectivity index (χ2v) is 7.36. The molecule has 2 aliphatic rings. The molecule has 1 N–H and O–H groups in total. The van der Waals surface area contributed by atoms with Crippen LogP contribution in [0.2, 0.25) is 0 Å². The highest BCUT2D eigenvalue weighted by atomic mass is 16.3. The average molecular weight is 330 g/mol. The Morgan fingerprint density at radius 3 is 2.46 bits per heavy atom. The Bertz CT molecular complexity index is 621. The molecule has 3 unspecified atom stereocenters. The van der Waals surface area contributed by atoms with Crippen LogP contribution in [0.4, 0.5) is 0 Å². The van der Waals surface area contributed by atoms with Crippen LogP contribution in [-0.4, -0.2) is 52.4 Å². The summed E-state index contributed by atoms with van der Waals surface area (Å²) in [6.07, 6.45) is 2.68. The summed E-state index contributed by atoms with van der Waals surface area (Å²) in [7, 11) is 0. The third-order valence-corrected chi connectivity index (χ3v) is 5.11. The number of phenols is 1. The van der Waals surface area contributed by atoms with Crippen LogP contribution < -0.4 is 0 Å². The minimum absolute atomic E-state index is 0.0270. The maximum Gasteiger partial charge on any atom is 0.258 e. The standard InChI is InChI=1S/C19H26N2O3/c1-13-10-14(2)12-20(11-13)19(24)16-7-5-9-21(16)18(23)15-6-3-4-8-17(15)22/h3-4,6,8,13-14,16,22H,5,7,9-12H2,1-2H3. The lowest BCUT2D eigenvalue weighted by molar-refractivity contribution is -0.138. The molecule has 2 aliphatic heterocycles. The summed E-state index contributed by atoms with van der Waals surface area (Å²) in [5.41, 5.74) is 0.276. The van der Waals surface area contributed by atoms with Crippen molar-refractivity contribution in [3.05, 3.63) is 29.8 Å². The predicted molar refractivity (Wildman–Crippen MR) is 91.7 cm³/mol. The number of benzene rings is 1. The number of para-hydroxylation sites is 1. The van der Waals surface area contributed by atoms with Crippen molar-refractivity contribution < 1.29 is 14.7 Å². The summed E-state index contributed by atoms with van der Waals surface area (Å²) < 4.78 is 0. The van der Waals surface area contributed by atoms with Crippen LogP contribution in [-0.2, 0) is 4.79 Å². The molecule has 0 aromatic heterocycles. The van der Waals surface area contributed by atoms with Gasteiger partial charge in [0.1, 0.15) is 11.8 Å². The minimum atomic E-state index is -0.394. The molecule has 3 atom stereocenters. The zero-order valence-corrected chi connectivity index (χ0v) is 14.4. The van der Waals surface area contributed by atoms with E-state index in [9.17, 15) is 14.7 Å². The van der Waals surface area contributed by atoms with Crippen LogP contribution in [0, 0.1) is 11.8 Å². The van der Waals surface area contributed by atoms with Gasteiger partial charge in [0.05, 0.1) is 5.56 Å². The van der Waals surface area contributed by atoms with Crippen molar-refractivity contribution in [3.8, 4) is 5.75 Å². The first-order valence-electron chi connectivity index (χ1n) is 8.85. The van der Waals surface area contributed by atoms with Gasteiger partial charge in [0.15, 0.2) is 0 Å². The number of likely N-dealkylation sites (tertiary alicyclic amines) is 2. The number of nitrogens with zero attached hydrogens (tertiary/aromatic N) is 2. The number of aromatic hydroxyl groups is 1. The second-order valence-electron chi connectivity index (χ2n) is 7.36. The molecule has 0 spiro atoms. The smallest absolute Gasteiger partial charge is 0.258 e. The summed E-state index contributed by atoms with van der Waals surface area (Å²) >= 11 is 0. The van der Waals surface area contributed by atoms with Gasteiger partial charge in [0, 0.05) is 19.6 Å². The maximum atomic E-state index is 13.0. The number of hydrogen-bond donors (Lipinski definition) is 1. The van der Waals surface area contributed by atoms with Gasteiger partial charge in [-0.05, 0) is 43.2 Å². The topological polar surface area (TPSA) is 60.9 Å². The lowest BCUT2D eigenvalue weighted by Crippen LogP contribution is -2.51. The van der Waals surface area contributed by atoms with E-state index in [-0.39, 0.29) is 23.1 Å². The zero-order valence-electron chi connectivity index (χ0n) is 14.4. The van der Waals surface area contributed by atoms with E-state index in [4.69, 9.17) is 0 Å². The molecule has 5 nitrogen and oxygen atoms in total. The van der Waals surface area contributed by atoms with E-state index < -0.39 is 6.04 Å². The fourth-order valence-corrected chi connectivity index (χ4v) is 4.13. The summed E-state index contributed by atoms with van der Waals surface area (Å²) in [4.78, 5) is 29.4. The lowest BCUT2D eigenvalue weighted by Gasteiger charge is -2.38. The predicted octanol–water partition coefficient (Wildman–Crippen LogP) is 2.50. The van der Waals surface area contributed by atoms with Gasteiger partial charge in [-0.25, -0.2) is 0 Å². The fourth-order valence-electron chi connectivity index (χ4n) is 4.13. The number of rotatable bonds is 2. The molecule has 0 bridgehead atoms. The first kappa shape index (κ1) is 16.8. The van der Waals surface area contributed by atoms with Gasteiger partial charge in [-0.2, -0.15) is 0 Å². The van der Waals surface area contributed by atoms with Crippen molar-refractivity contribution >= 4 is 11.8 Å². The first-order valence-corrected chi connectivity index (χ1v) is 8.85. The molecule has 2 fully saturated rings. The van der Waals surface area contributed by atoms with Crippen molar-refractivity contribution in [1.82, 2.24) is 9.80 Å². The molecule has 0 saturated carbocycles. The highest BCUT2D eigenvalue weighted by Crippen LogP contribution is 2.28. The van der Waals surface area contributed by atoms with Crippen LogP contribution in [0.15, 0.2) is 24.3 Å². The quantitative estimate of drug-likeness (QED) is 0.906. The van der Waals surface area contributed by atoms with Crippen molar-refractivity contribution in [3.63, 3.8) is 0 Å². The van der Waals surface area contributed by atoms with E-state index in [0.717, 1.165) is 25.9 Å². The third kappa shape index (κ3) is 3.25. The van der Waals surface area contributed by atoms with Gasteiger partial charge >= 0.3 is 0 Å². The molecule has 2 heterocycles. The maximum absolute atomic E-state index is 13.0. The molecule has 2 saturated heterocycles. The van der Waals surface area contributed by atoms with Crippen molar-refractivity contribution in [1.29, 1.82) is 0 Å². The summed E-state index contributed by atoms with van der Waals surface area (Å²) in [6.45, 7) is 6.48. The molecule has 2 amide bonds. The van der Waals surface area contributed by atoms with Crippen molar-refractivity contribution in [2.75, 3.05) is 19.6 Å². The Balaban J connectivity index is 1.77. The number of carbonyl (C=O) groups excluding carboxylic acids is 2. The average Bonchev–Trinajstić information content (AvgIpc) is 3.02. The van der Waals surface area contributed by atoms with Crippen LogP contribution in [0.3, 0.4) is 0 Å². The molecule has 3 rings (SSSR count). The zero-order chi connectivity index (χ0) is 17.3. The van der Waals surface area contributed by atoms with Crippen molar-refractivity contribution in [2.45, 2.75) is 39.2 Å². The lowest BCUT2D eigenvalue weighted by atomic mass is 9.91. The Hall–Kier alpha value is -2.04. The van der Waals surface area contributed by atoms with Crippen LogP contribution in [0.5, 0.6) is 5.75 Å². The molecular weight excluding hydrogens is 304 g/mol. The van der Waals surface area contributed by atoms with E-state index in [0.29, 0.717) is 24.8 Å². The third-order valence-electron chi connectivity index (χ3n) is 5.11. The molecule has 24 heavy (non-hydrogen) atoms. The minimum Gasteiger partial charge on any atom is -0.507 e. The highest BCUT2D eigenvalue weighted by Gasteiger charge is 2.39. The van der Waals surface area contributed by atoms with Gasteiger partial charge in [0.2, 0.25) is 5.91 Å². The van der Waals surface area contributed by atoms with E-state index in [1.165, 1.54) is 6.07 Å². The monoisotopic (exact) mass is 330 g/mol. The first-order chi connectivity index (χ1) is 11.5. The fraction of sp³-hybridized carbons (Fsp3) is 0.579. The Labute approximate surface area is 143 Å². The van der Waals surface area contributed by atoms with E-state index >= 15 is 0 Å². The van der Waals surface area contributed by atoms with E-state index in [1.807, 2.05) is 4.90 Å². The number of amides is 2. The molecule has 1 aromatic carbocycles. The Kier molecular flexibility index (Phi) is 4.78. The number of phenolic OH excluding ortho intramolecular Hbond substituents is 1. The molecule has 0 radical (unpaired) electrons. The number of hydrogen-bond acceptors (Lipinski definition) is 3. The molecule has 130 valence electrons. The highest BCUT2D eigenvalue weighted by molar-refractivity contribution is 5.99. The van der Waals surface area contributed by atoms with Gasteiger partial charge in [-0.15, -0.1) is 0 Å². The summed E-state index contributed by atoms with van der Waals surface area (Å²) in [5, 5.41) is 9.94. The summed E-state index contributed by atoms with van der Waals surface area (Å²) in [5.74, 6) is 0.792. The normalized spacial score (nSPS) is 27.3. The number of carbonyl (C=O) groups is 2. The van der Waals surface area contributed by atoms with Gasteiger partial charge in [0.25, 0.3) is 5.91 Å². The Morgan fingerprint density at radius 1 is 1.12 bits per heavy atom.